The van der Waals surface area contributed by atoms with E-state index in [9.17, 15) is 26.3 Å². The van der Waals surface area contributed by atoms with Crippen molar-refractivity contribution in [3.8, 4) is 0 Å². The van der Waals surface area contributed by atoms with Crippen LogP contribution in [0.3, 0.4) is 0 Å². The van der Waals surface area contributed by atoms with Gasteiger partial charge in [-0.25, -0.2) is 14.1 Å². The van der Waals surface area contributed by atoms with E-state index in [-0.39, 0.29) is 6.20 Å². The fourth-order valence-corrected chi connectivity index (χ4v) is 4.24. The molecule has 0 aromatic carbocycles. The third kappa shape index (κ3) is 15.8. The van der Waals surface area contributed by atoms with E-state index in [4.69, 9.17) is 0 Å². The molecule has 0 saturated heterocycles. The van der Waals surface area contributed by atoms with E-state index < -0.39 is 22.9 Å². The molecule has 2 heterocycles. The third-order valence-corrected chi connectivity index (χ3v) is 6.32. The number of aromatic nitrogens is 4. The smallest absolute Gasteiger partial charge is 0.240 e. The Labute approximate surface area is 218 Å². The molecule has 0 aliphatic carbocycles. The van der Waals surface area contributed by atoms with Gasteiger partial charge in [0.25, 0.3) is 0 Å². The van der Waals surface area contributed by atoms with Gasteiger partial charge in [-0.1, -0.05) is 96.8 Å². The number of nitrogens with one attached hydrogen (secondary N) is 1. The fourth-order valence-electron chi connectivity index (χ4n) is 4.24. The van der Waals surface area contributed by atoms with Crippen LogP contribution in [0.15, 0.2) is 31.1 Å². The molecule has 0 bridgehead atoms. The van der Waals surface area contributed by atoms with Crippen LogP contribution in [-0.4, -0.2) is 9.55 Å². The number of unbranched alkanes of at least 4 members (excludes halogenated alkanes) is 15. The number of hydrogen-bond acceptors (Lipinski definition) is 0. The van der Waals surface area contributed by atoms with Crippen molar-refractivity contribution in [1.82, 2.24) is 9.55 Å². The van der Waals surface area contributed by atoms with Crippen molar-refractivity contribution in [3.05, 3.63) is 36.9 Å². The molecule has 0 fully saturated rings. The molecule has 0 radical (unpaired) electrons. The molecule has 0 aliphatic heterocycles. The first kappa shape index (κ1) is 33.0. The molecular weight excluding hydrogens is 494 g/mol. The number of H-pyrrole nitrogens is 1. The van der Waals surface area contributed by atoms with Crippen LogP contribution >= 0.6 is 0 Å². The lowest BCUT2D eigenvalue weighted by Gasteiger charge is -2.05. The van der Waals surface area contributed by atoms with Gasteiger partial charge < -0.3 is 0 Å². The van der Waals surface area contributed by atoms with Crippen LogP contribution < -0.4 is 9.13 Å². The van der Waals surface area contributed by atoms with Crippen molar-refractivity contribution in [2.45, 2.75) is 129 Å². The monoisotopic (exact) mass is 540 g/mol. The van der Waals surface area contributed by atoms with Crippen molar-refractivity contribution in [1.29, 1.82) is 0 Å². The van der Waals surface area contributed by atoms with Gasteiger partial charge in [0.2, 0.25) is 6.33 Å². The summed E-state index contributed by atoms with van der Waals surface area (Å²) in [5, 5.41) is 0. The average Bonchev–Trinajstić information content (AvgIpc) is 3.48. The van der Waals surface area contributed by atoms with Gasteiger partial charge in [0, 0.05) is 0 Å². The van der Waals surface area contributed by atoms with E-state index >= 15 is 0 Å². The summed E-state index contributed by atoms with van der Waals surface area (Å²) < 4.78 is 74.7. The summed E-state index contributed by atoms with van der Waals surface area (Å²) in [5.41, 5.74) is 0. The first-order valence-electron chi connectivity index (χ1n) is 13.8. The molecule has 37 heavy (non-hydrogen) atoms. The highest BCUT2D eigenvalue weighted by Crippen LogP contribution is 2.27. The molecule has 1 N–H and O–H groups in total. The van der Waals surface area contributed by atoms with Crippen LogP contribution in [-0.2, 0) is 26.1 Å². The van der Waals surface area contributed by atoms with Crippen molar-refractivity contribution in [2.24, 2.45) is 7.05 Å². The molecule has 4 nitrogen and oxygen atoms in total. The molecule has 2 rings (SSSR count). The van der Waals surface area contributed by atoms with Crippen LogP contribution in [0.5, 0.6) is 0 Å². The van der Waals surface area contributed by atoms with Crippen molar-refractivity contribution in [3.63, 3.8) is 0 Å². The van der Waals surface area contributed by atoms with E-state index in [2.05, 4.69) is 41.8 Å². The second-order valence-electron chi connectivity index (χ2n) is 9.76. The maximum Gasteiger partial charge on any atom is 0.567 e. The Morgan fingerprint density at radius 2 is 1.16 bits per heavy atom. The normalized spacial score (nSPS) is 12.0. The number of imidazole rings is 2. The van der Waals surface area contributed by atoms with Gasteiger partial charge in [0.15, 0.2) is 0 Å². The average molecular weight is 541 g/mol. The molecule has 2 aromatic heterocycles. The number of halogens is 6. The lowest BCUT2D eigenvalue weighted by Crippen LogP contribution is -2.51. The fraction of sp³-hybridized carbons (Fsp3) is 0.778. The zero-order valence-electron chi connectivity index (χ0n) is 22.5. The highest BCUT2D eigenvalue weighted by Gasteiger charge is 2.50. The van der Waals surface area contributed by atoms with E-state index in [0.29, 0.717) is 6.20 Å². The summed E-state index contributed by atoms with van der Waals surface area (Å²) in [4.78, 5) is 1.47. The largest absolute Gasteiger partial charge is 0.567 e. The van der Waals surface area contributed by atoms with Crippen LogP contribution in [0.4, 0.5) is 26.3 Å². The quantitative estimate of drug-likeness (QED) is 0.119. The van der Waals surface area contributed by atoms with Gasteiger partial charge in [0.1, 0.15) is 24.8 Å². The lowest BCUT2D eigenvalue weighted by atomic mass is 10.0. The van der Waals surface area contributed by atoms with Crippen LogP contribution in [0.25, 0.3) is 0 Å². The number of hydrogen-bond donors (Lipinski definition) is 1. The summed E-state index contributed by atoms with van der Waals surface area (Å²) in [6.45, 7) is 3.48. The number of nitrogens with zero attached hydrogens (tertiary/aromatic N) is 3. The third-order valence-electron chi connectivity index (χ3n) is 6.32. The zero-order chi connectivity index (χ0) is 27.6. The van der Waals surface area contributed by atoms with Gasteiger partial charge >= 0.3 is 18.3 Å². The minimum absolute atomic E-state index is 0.267. The summed E-state index contributed by atoms with van der Waals surface area (Å²) in [5.74, 6) is -1.85. The molecule has 0 unspecified atom stereocenters. The minimum atomic E-state index is -5.06. The Morgan fingerprint density at radius 1 is 0.703 bits per heavy atom. The Morgan fingerprint density at radius 3 is 1.51 bits per heavy atom. The Balaban J connectivity index is 0.000000442. The highest BCUT2D eigenvalue weighted by molar-refractivity contribution is 4.83. The van der Waals surface area contributed by atoms with E-state index in [0.717, 1.165) is 0 Å². The first-order valence-corrected chi connectivity index (χ1v) is 13.8. The van der Waals surface area contributed by atoms with Gasteiger partial charge in [-0.15, -0.1) is 17.7 Å². The second kappa shape index (κ2) is 18.3. The molecule has 0 aliphatic rings. The van der Waals surface area contributed by atoms with Gasteiger partial charge in [-0.2, -0.15) is 13.2 Å². The van der Waals surface area contributed by atoms with Crippen LogP contribution in [0, 0.1) is 0 Å². The molecule has 10 heteroatoms. The Hall–Kier alpha value is -2.00. The number of rotatable bonds is 17. The first-order chi connectivity index (χ1) is 17.6. The Bertz CT molecular complexity index is 782. The molecule has 2 aromatic rings. The van der Waals surface area contributed by atoms with Gasteiger partial charge in [0.05, 0.1) is 13.6 Å². The lowest BCUT2D eigenvalue weighted by molar-refractivity contribution is -0.864. The van der Waals surface area contributed by atoms with E-state index in [1.165, 1.54) is 114 Å². The maximum absolute atomic E-state index is 11.9. The maximum atomic E-state index is 11.9. The predicted octanol–water partition coefficient (Wildman–Crippen LogP) is 8.37. The van der Waals surface area contributed by atoms with Gasteiger partial charge in [-0.3, -0.25) is 0 Å². The molecule has 0 amide bonds. The summed E-state index contributed by atoms with van der Waals surface area (Å²) in [6, 6.07) is 0. The Kier molecular flexibility index (Phi) is 16.3. The van der Waals surface area contributed by atoms with E-state index in [1.807, 2.05) is 0 Å². The van der Waals surface area contributed by atoms with Crippen LogP contribution in [0.1, 0.15) is 115 Å². The molecule has 0 saturated carbocycles. The standard InChI is InChI=1S/C22H43N2.C5H2F6N2/c1-3-4-5-6-7-8-9-10-11-12-13-14-15-16-17-18-19-24-21-20-23(2)22-24;6-4(7,8)3-12-1-2-13(3)5(9,10)11/h20-22H,3-19H2,1-2H3;1-2H/q+1;/p+1. The summed E-state index contributed by atoms with van der Waals surface area (Å²) in [6.07, 6.45) is 20.2. The van der Waals surface area contributed by atoms with Crippen molar-refractivity contribution in [2.75, 3.05) is 0 Å². The summed E-state index contributed by atoms with van der Waals surface area (Å²) in [7, 11) is 2.09. The minimum Gasteiger partial charge on any atom is -0.240 e. The number of alkyl halides is 6. The molecule has 214 valence electrons. The highest BCUT2D eigenvalue weighted by atomic mass is 19.4. The topological polar surface area (TPSA) is 28.5 Å². The number of aromatic amines is 1. The van der Waals surface area contributed by atoms with E-state index in [1.54, 1.807) is 0 Å². The van der Waals surface area contributed by atoms with Crippen molar-refractivity contribution >= 4 is 0 Å². The number of aryl methyl sites for hydroxylation is 2. The summed E-state index contributed by atoms with van der Waals surface area (Å²) >= 11 is 0. The van der Waals surface area contributed by atoms with Crippen LogP contribution in [0.2, 0.25) is 0 Å². The molecule has 0 spiro atoms. The van der Waals surface area contributed by atoms with Gasteiger partial charge in [-0.05, 0) is 12.8 Å². The molecular formula is C27H46F6N4+2. The SMILES string of the molecule is CCCCCCCCCCCCCCCCCCn1cc[n+](C)c1.FC(F)(F)c1[nH]cc[n+]1C(F)(F)F. The second-order valence-corrected chi connectivity index (χ2v) is 9.76. The van der Waals surface area contributed by atoms with Crippen molar-refractivity contribution < 1.29 is 35.5 Å². The molecule has 0 atom stereocenters. The predicted molar refractivity (Wildman–Crippen MR) is 132 cm³/mol. The zero-order valence-corrected chi connectivity index (χ0v) is 22.5.